The summed E-state index contributed by atoms with van der Waals surface area (Å²) >= 11 is 0. The van der Waals surface area contributed by atoms with E-state index in [-0.39, 0.29) is 0 Å². The van der Waals surface area contributed by atoms with Gasteiger partial charge in [0.15, 0.2) is 7.28 Å². The van der Waals surface area contributed by atoms with E-state index < -0.39 is 0 Å². The molecule has 159 valence electrons. The zero-order valence-corrected chi connectivity index (χ0v) is 20.2. The second-order valence-corrected chi connectivity index (χ2v) is 9.33. The van der Waals surface area contributed by atoms with Crippen molar-refractivity contribution in [3.63, 3.8) is 0 Å². The van der Waals surface area contributed by atoms with Crippen molar-refractivity contribution in [2.24, 2.45) is 0 Å². The van der Waals surface area contributed by atoms with Gasteiger partial charge in [0.1, 0.15) is 0 Å². The molecule has 4 rings (SSSR count). The maximum atomic E-state index is 2.37. The zero-order chi connectivity index (χ0) is 22.8. The van der Waals surface area contributed by atoms with E-state index in [1.807, 2.05) is 0 Å². The molecule has 0 saturated carbocycles. The molecule has 0 spiro atoms. The lowest BCUT2D eigenvalue weighted by Crippen LogP contribution is -2.34. The summed E-state index contributed by atoms with van der Waals surface area (Å²) in [5.74, 6) is 0.559. The smallest absolute Gasteiger partial charge is 0.0756 e. The van der Waals surface area contributed by atoms with Crippen LogP contribution in [0.15, 0.2) is 78.9 Å². The van der Waals surface area contributed by atoms with Crippen molar-refractivity contribution in [1.29, 1.82) is 0 Å². The lowest BCUT2D eigenvalue weighted by atomic mass is 9.58. The maximum absolute atomic E-state index is 2.37. The van der Waals surface area contributed by atoms with Crippen LogP contribution < -0.4 is 10.9 Å². The van der Waals surface area contributed by atoms with Crippen molar-refractivity contribution in [3.05, 3.63) is 107 Å². The molecular formula is C31H32B. The number of aryl methyl sites for hydroxylation is 4. The van der Waals surface area contributed by atoms with Crippen molar-refractivity contribution in [2.45, 2.75) is 47.5 Å². The Bertz CT molecular complexity index is 1190. The number of hydrogen-bond acceptors (Lipinski definition) is 0. The number of hydrogen-bond donors (Lipinski definition) is 0. The van der Waals surface area contributed by atoms with Crippen LogP contribution in [0, 0.1) is 27.7 Å². The van der Waals surface area contributed by atoms with Crippen molar-refractivity contribution >= 4 is 18.2 Å². The van der Waals surface area contributed by atoms with Crippen LogP contribution in [0.4, 0.5) is 0 Å². The summed E-state index contributed by atoms with van der Waals surface area (Å²) in [5, 5.41) is 0. The van der Waals surface area contributed by atoms with E-state index >= 15 is 0 Å². The minimum absolute atomic E-state index is 0.559. The fourth-order valence-electron chi connectivity index (χ4n) is 4.57. The zero-order valence-electron chi connectivity index (χ0n) is 20.2. The molecule has 0 aromatic heterocycles. The lowest BCUT2D eigenvalue weighted by Gasteiger charge is -2.17. The highest BCUT2D eigenvalue weighted by atomic mass is 14.1. The Balaban J connectivity index is 1.65. The van der Waals surface area contributed by atoms with Crippen LogP contribution >= 0.6 is 0 Å². The normalized spacial score (nSPS) is 11.1. The summed E-state index contributed by atoms with van der Waals surface area (Å²) in [6.07, 6.45) is 0. The highest BCUT2D eigenvalue weighted by molar-refractivity contribution is 6.69. The van der Waals surface area contributed by atoms with Gasteiger partial charge in [-0.05, 0) is 61.4 Å². The third-order valence-electron chi connectivity index (χ3n) is 6.49. The van der Waals surface area contributed by atoms with E-state index in [1.165, 1.54) is 61.0 Å². The highest BCUT2D eigenvalue weighted by Gasteiger charge is 2.14. The Morgan fingerprint density at radius 2 is 0.906 bits per heavy atom. The quantitative estimate of drug-likeness (QED) is 0.307. The molecule has 0 fully saturated rings. The predicted molar refractivity (Wildman–Crippen MR) is 142 cm³/mol. The van der Waals surface area contributed by atoms with Crippen LogP contribution in [0.1, 0.15) is 47.6 Å². The average Bonchev–Trinajstić information content (AvgIpc) is 2.78. The molecular weight excluding hydrogens is 383 g/mol. The Morgan fingerprint density at radius 3 is 1.31 bits per heavy atom. The Labute approximate surface area is 194 Å². The van der Waals surface area contributed by atoms with Crippen LogP contribution in [0.25, 0.3) is 22.3 Å². The topological polar surface area (TPSA) is 0 Å². The molecule has 4 aromatic rings. The van der Waals surface area contributed by atoms with Crippen molar-refractivity contribution in [2.75, 3.05) is 0 Å². The van der Waals surface area contributed by atoms with Crippen LogP contribution in [0.2, 0.25) is 0 Å². The van der Waals surface area contributed by atoms with Crippen LogP contribution in [0.5, 0.6) is 0 Å². The van der Waals surface area contributed by atoms with E-state index in [0.717, 1.165) is 0 Å². The molecule has 0 atom stereocenters. The SMILES string of the molecule is Cc1cc(-c2ccccc2)cc(C)c1[B]c1c(C)cc(-c2ccc(C(C)C)cc2)cc1C. The van der Waals surface area contributed by atoms with Gasteiger partial charge in [-0.25, -0.2) is 0 Å². The molecule has 0 saturated heterocycles. The van der Waals surface area contributed by atoms with E-state index in [0.29, 0.717) is 5.92 Å². The maximum Gasteiger partial charge on any atom is 0.192 e. The number of benzene rings is 4. The molecule has 4 aromatic carbocycles. The van der Waals surface area contributed by atoms with E-state index in [1.54, 1.807) is 0 Å². The summed E-state index contributed by atoms with van der Waals surface area (Å²) in [6, 6.07) is 28.9. The van der Waals surface area contributed by atoms with Crippen LogP contribution in [0.3, 0.4) is 0 Å². The van der Waals surface area contributed by atoms with Gasteiger partial charge >= 0.3 is 0 Å². The molecule has 0 nitrogen and oxygen atoms in total. The van der Waals surface area contributed by atoms with Gasteiger partial charge in [-0.1, -0.05) is 126 Å². The fourth-order valence-corrected chi connectivity index (χ4v) is 4.57. The van der Waals surface area contributed by atoms with Gasteiger partial charge in [-0.15, -0.1) is 0 Å². The van der Waals surface area contributed by atoms with Gasteiger partial charge in [0.2, 0.25) is 0 Å². The van der Waals surface area contributed by atoms with Gasteiger partial charge in [0.25, 0.3) is 0 Å². The van der Waals surface area contributed by atoms with Crippen molar-refractivity contribution < 1.29 is 0 Å². The monoisotopic (exact) mass is 415 g/mol. The largest absolute Gasteiger partial charge is 0.192 e. The predicted octanol–water partition coefficient (Wildman–Crippen LogP) is 7.03. The molecule has 32 heavy (non-hydrogen) atoms. The molecule has 1 radical (unpaired) electrons. The average molecular weight is 415 g/mol. The van der Waals surface area contributed by atoms with Gasteiger partial charge in [0, 0.05) is 0 Å². The first kappa shape index (κ1) is 22.2. The summed E-state index contributed by atoms with van der Waals surface area (Å²) in [6.45, 7) is 13.4. The minimum atomic E-state index is 0.559. The first-order chi connectivity index (χ1) is 15.3. The Kier molecular flexibility index (Phi) is 6.37. The molecule has 0 amide bonds. The summed E-state index contributed by atoms with van der Waals surface area (Å²) in [5.41, 5.74) is 14.4. The number of rotatable bonds is 5. The first-order valence-electron chi connectivity index (χ1n) is 11.6. The molecule has 0 N–H and O–H groups in total. The summed E-state index contributed by atoms with van der Waals surface area (Å²) < 4.78 is 0. The van der Waals surface area contributed by atoms with Crippen molar-refractivity contribution in [1.82, 2.24) is 0 Å². The third-order valence-corrected chi connectivity index (χ3v) is 6.49. The van der Waals surface area contributed by atoms with Gasteiger partial charge < -0.3 is 0 Å². The second kappa shape index (κ2) is 9.21. The molecule has 0 heterocycles. The highest BCUT2D eigenvalue weighted by Crippen LogP contribution is 2.25. The fraction of sp³-hybridized carbons (Fsp3) is 0.226. The van der Waals surface area contributed by atoms with Gasteiger partial charge in [-0.2, -0.15) is 0 Å². The van der Waals surface area contributed by atoms with E-state index in [9.17, 15) is 0 Å². The standard InChI is InChI=1S/C31H32B/c1-20(2)25-12-14-27(15-13-25)29-18-23(5)31(24(6)19-29)32-30-21(3)16-28(17-22(30)4)26-10-8-7-9-11-26/h7-20H,1-6H3. The molecule has 0 aliphatic carbocycles. The molecule has 0 bridgehead atoms. The van der Waals surface area contributed by atoms with Crippen LogP contribution in [-0.2, 0) is 0 Å². The Hall–Kier alpha value is -3.06. The first-order valence-corrected chi connectivity index (χ1v) is 11.6. The minimum Gasteiger partial charge on any atom is -0.0756 e. The van der Waals surface area contributed by atoms with Gasteiger partial charge in [-0.3, -0.25) is 0 Å². The molecule has 0 aliphatic rings. The van der Waals surface area contributed by atoms with Crippen LogP contribution in [-0.4, -0.2) is 7.28 Å². The van der Waals surface area contributed by atoms with Crippen molar-refractivity contribution in [3.8, 4) is 22.3 Å². The summed E-state index contributed by atoms with van der Waals surface area (Å²) in [4.78, 5) is 0. The second-order valence-electron chi connectivity index (χ2n) is 9.33. The van der Waals surface area contributed by atoms with E-state index in [2.05, 4.69) is 128 Å². The summed E-state index contributed by atoms with van der Waals surface area (Å²) in [7, 11) is 2.37. The Morgan fingerprint density at radius 1 is 0.500 bits per heavy atom. The van der Waals surface area contributed by atoms with Gasteiger partial charge in [0.05, 0.1) is 0 Å². The molecule has 0 unspecified atom stereocenters. The third kappa shape index (κ3) is 4.58. The van der Waals surface area contributed by atoms with E-state index in [4.69, 9.17) is 0 Å². The lowest BCUT2D eigenvalue weighted by molar-refractivity contribution is 0.867. The molecule has 1 heteroatoms. The molecule has 0 aliphatic heterocycles.